The fraction of sp³-hybridized carbons (Fsp3) is 0.381. The molecule has 4 nitrogen and oxygen atoms in total. The summed E-state index contributed by atoms with van der Waals surface area (Å²) in [5.74, 6) is 0. The molecule has 138 valence electrons. The molecule has 2 aromatic carbocycles. The molecule has 0 aliphatic heterocycles. The SMILES string of the molecule is CC(C)(C)[Si](C)(C)OCCn1cnc2cc(-c3ccc(N)cc3)ccc21. The Balaban J connectivity index is 1.74. The molecule has 3 rings (SSSR count). The maximum Gasteiger partial charge on any atom is 0.192 e. The van der Waals surface area contributed by atoms with Gasteiger partial charge in [-0.2, -0.15) is 0 Å². The molecule has 0 spiro atoms. The third-order valence-electron chi connectivity index (χ3n) is 5.47. The number of nitrogens with two attached hydrogens (primary N) is 1. The van der Waals surface area contributed by atoms with Crippen molar-refractivity contribution in [1.82, 2.24) is 9.55 Å². The summed E-state index contributed by atoms with van der Waals surface area (Å²) < 4.78 is 8.47. The van der Waals surface area contributed by atoms with Crippen molar-refractivity contribution in [2.45, 2.75) is 45.4 Å². The smallest absolute Gasteiger partial charge is 0.192 e. The van der Waals surface area contributed by atoms with E-state index in [-0.39, 0.29) is 5.04 Å². The van der Waals surface area contributed by atoms with E-state index in [9.17, 15) is 0 Å². The van der Waals surface area contributed by atoms with Crippen LogP contribution in [0.15, 0.2) is 48.8 Å². The molecule has 0 fully saturated rings. The van der Waals surface area contributed by atoms with E-state index in [1.807, 2.05) is 30.6 Å². The highest BCUT2D eigenvalue weighted by Crippen LogP contribution is 2.36. The average Bonchev–Trinajstić information content (AvgIpc) is 2.97. The maximum atomic E-state index is 6.30. The molecule has 1 heterocycles. The highest BCUT2D eigenvalue weighted by molar-refractivity contribution is 6.74. The van der Waals surface area contributed by atoms with Gasteiger partial charge in [0.15, 0.2) is 8.32 Å². The van der Waals surface area contributed by atoms with E-state index in [1.165, 1.54) is 0 Å². The molecule has 0 bridgehead atoms. The first-order valence-electron chi connectivity index (χ1n) is 9.12. The van der Waals surface area contributed by atoms with Crippen LogP contribution >= 0.6 is 0 Å². The topological polar surface area (TPSA) is 53.1 Å². The second kappa shape index (κ2) is 6.89. The number of benzene rings is 2. The van der Waals surface area contributed by atoms with E-state index in [0.717, 1.165) is 41.0 Å². The van der Waals surface area contributed by atoms with Crippen molar-refractivity contribution in [1.29, 1.82) is 0 Å². The van der Waals surface area contributed by atoms with Gasteiger partial charge in [-0.15, -0.1) is 0 Å². The molecule has 0 aliphatic rings. The second-order valence-electron chi connectivity index (χ2n) is 8.37. The lowest BCUT2D eigenvalue weighted by molar-refractivity contribution is 0.273. The van der Waals surface area contributed by atoms with Gasteiger partial charge in [0.05, 0.1) is 24.0 Å². The van der Waals surface area contributed by atoms with Crippen LogP contribution in [0, 0.1) is 0 Å². The van der Waals surface area contributed by atoms with Crippen molar-refractivity contribution in [2.75, 3.05) is 12.3 Å². The molecular weight excluding hydrogens is 338 g/mol. The fourth-order valence-electron chi connectivity index (χ4n) is 2.71. The van der Waals surface area contributed by atoms with Crippen LogP contribution in [0.4, 0.5) is 5.69 Å². The molecule has 0 atom stereocenters. The van der Waals surface area contributed by atoms with Crippen molar-refractivity contribution in [3.05, 3.63) is 48.8 Å². The van der Waals surface area contributed by atoms with Crippen LogP contribution in [0.5, 0.6) is 0 Å². The lowest BCUT2D eigenvalue weighted by atomic mass is 10.0. The zero-order chi connectivity index (χ0) is 18.9. The van der Waals surface area contributed by atoms with Crippen LogP contribution in [-0.2, 0) is 11.0 Å². The van der Waals surface area contributed by atoms with Gasteiger partial charge in [0.25, 0.3) is 0 Å². The standard InChI is InChI=1S/C21H29N3OSi/c1-21(2,3)26(4,5)25-13-12-24-15-23-19-14-17(8-11-20(19)24)16-6-9-18(22)10-7-16/h6-11,14-15H,12-13,22H2,1-5H3. The van der Waals surface area contributed by atoms with Crippen molar-refractivity contribution in [3.63, 3.8) is 0 Å². The third-order valence-corrected chi connectivity index (χ3v) is 10.0. The summed E-state index contributed by atoms with van der Waals surface area (Å²) in [7, 11) is -1.71. The van der Waals surface area contributed by atoms with E-state index in [1.54, 1.807) is 0 Å². The third kappa shape index (κ3) is 3.84. The average molecular weight is 368 g/mol. The fourth-order valence-corrected chi connectivity index (χ4v) is 3.75. The number of hydrogen-bond donors (Lipinski definition) is 1. The minimum atomic E-state index is -1.71. The predicted octanol–water partition coefficient (Wildman–Crippen LogP) is 5.31. The monoisotopic (exact) mass is 367 g/mol. The molecule has 0 amide bonds. The van der Waals surface area contributed by atoms with Gasteiger partial charge in [0.2, 0.25) is 0 Å². The maximum absolute atomic E-state index is 6.30. The first-order valence-corrected chi connectivity index (χ1v) is 12.0. The minimum absolute atomic E-state index is 0.234. The van der Waals surface area contributed by atoms with E-state index < -0.39 is 8.32 Å². The van der Waals surface area contributed by atoms with Crippen molar-refractivity contribution in [3.8, 4) is 11.1 Å². The van der Waals surface area contributed by atoms with Crippen LogP contribution in [-0.4, -0.2) is 24.5 Å². The van der Waals surface area contributed by atoms with Crippen LogP contribution < -0.4 is 5.73 Å². The van der Waals surface area contributed by atoms with Crippen LogP contribution in [0.3, 0.4) is 0 Å². The van der Waals surface area contributed by atoms with Gasteiger partial charge in [-0.25, -0.2) is 4.98 Å². The number of aromatic nitrogens is 2. The quantitative estimate of drug-likeness (QED) is 0.491. The van der Waals surface area contributed by atoms with E-state index in [4.69, 9.17) is 10.2 Å². The number of rotatable bonds is 5. The Morgan fingerprint density at radius 1 is 1.04 bits per heavy atom. The molecule has 0 saturated heterocycles. The van der Waals surface area contributed by atoms with Gasteiger partial charge >= 0.3 is 0 Å². The van der Waals surface area contributed by atoms with E-state index in [0.29, 0.717) is 0 Å². The molecule has 0 radical (unpaired) electrons. The lowest BCUT2D eigenvalue weighted by Gasteiger charge is -2.36. The summed E-state index contributed by atoms with van der Waals surface area (Å²) in [5.41, 5.74) is 11.0. The van der Waals surface area contributed by atoms with Gasteiger partial charge in [-0.3, -0.25) is 0 Å². The summed E-state index contributed by atoms with van der Waals surface area (Å²) in [4.78, 5) is 4.58. The number of anilines is 1. The summed E-state index contributed by atoms with van der Waals surface area (Å²) in [6.07, 6.45) is 1.91. The largest absolute Gasteiger partial charge is 0.415 e. The zero-order valence-electron chi connectivity index (χ0n) is 16.4. The Morgan fingerprint density at radius 3 is 2.35 bits per heavy atom. The molecule has 26 heavy (non-hydrogen) atoms. The molecule has 0 saturated carbocycles. The van der Waals surface area contributed by atoms with Gasteiger partial charge in [0, 0.05) is 12.2 Å². The molecule has 0 unspecified atom stereocenters. The summed E-state index contributed by atoms with van der Waals surface area (Å²) >= 11 is 0. The van der Waals surface area contributed by atoms with Crippen LogP contribution in [0.25, 0.3) is 22.2 Å². The van der Waals surface area contributed by atoms with Crippen LogP contribution in [0.2, 0.25) is 18.1 Å². The molecule has 0 aliphatic carbocycles. The number of nitrogen functional groups attached to an aromatic ring is 1. The predicted molar refractivity (Wildman–Crippen MR) is 113 cm³/mol. The van der Waals surface area contributed by atoms with Gasteiger partial charge < -0.3 is 14.7 Å². The van der Waals surface area contributed by atoms with Crippen molar-refractivity contribution in [2.24, 2.45) is 0 Å². The Labute approximate surface area is 157 Å². The first kappa shape index (κ1) is 18.7. The lowest BCUT2D eigenvalue weighted by Crippen LogP contribution is -2.41. The van der Waals surface area contributed by atoms with E-state index in [2.05, 4.69) is 61.6 Å². The Morgan fingerprint density at radius 2 is 1.69 bits per heavy atom. The number of imidazole rings is 1. The molecule has 1 aromatic heterocycles. The number of nitrogens with zero attached hydrogens (tertiary/aromatic N) is 2. The number of hydrogen-bond acceptors (Lipinski definition) is 3. The van der Waals surface area contributed by atoms with Crippen molar-refractivity contribution >= 4 is 25.0 Å². The zero-order valence-corrected chi connectivity index (χ0v) is 17.4. The van der Waals surface area contributed by atoms with Gasteiger partial charge in [0.1, 0.15) is 0 Å². The summed E-state index contributed by atoms with van der Waals surface area (Å²) in [6, 6.07) is 14.3. The normalized spacial score (nSPS) is 12.7. The molecule has 2 N–H and O–H groups in total. The number of fused-ring (bicyclic) bond motifs is 1. The Hall–Kier alpha value is -2.11. The second-order valence-corrected chi connectivity index (χ2v) is 13.2. The summed E-state index contributed by atoms with van der Waals surface area (Å²) in [5, 5.41) is 0.234. The molecule has 5 heteroatoms. The summed E-state index contributed by atoms with van der Waals surface area (Å²) in [6.45, 7) is 12.9. The van der Waals surface area contributed by atoms with E-state index >= 15 is 0 Å². The first-order chi connectivity index (χ1) is 12.2. The minimum Gasteiger partial charge on any atom is -0.415 e. The van der Waals surface area contributed by atoms with Gasteiger partial charge in [-0.05, 0) is 53.5 Å². The highest BCUT2D eigenvalue weighted by atomic mass is 28.4. The van der Waals surface area contributed by atoms with Crippen molar-refractivity contribution < 1.29 is 4.43 Å². The Bertz CT molecular complexity index is 892. The highest BCUT2D eigenvalue weighted by Gasteiger charge is 2.36. The molecular formula is C21H29N3OSi. The molecule has 3 aromatic rings. The van der Waals surface area contributed by atoms with Crippen LogP contribution in [0.1, 0.15) is 20.8 Å². The Kier molecular flexibility index (Phi) is 4.95. The van der Waals surface area contributed by atoms with Gasteiger partial charge in [-0.1, -0.05) is 39.0 Å².